The molecule has 6 nitrogen and oxygen atoms in total. The highest BCUT2D eigenvalue weighted by Crippen LogP contribution is 2.32. The van der Waals surface area contributed by atoms with Crippen LogP contribution in [0.4, 0.5) is 0 Å². The monoisotopic (exact) mass is 309 g/mol. The van der Waals surface area contributed by atoms with E-state index in [1.165, 1.54) is 25.7 Å². The van der Waals surface area contributed by atoms with Crippen LogP contribution >= 0.6 is 0 Å². The molecule has 0 spiro atoms. The molecule has 4 rings (SSSR count). The summed E-state index contributed by atoms with van der Waals surface area (Å²) in [4.78, 5) is 6.62. The van der Waals surface area contributed by atoms with Crippen molar-refractivity contribution in [3.8, 4) is 5.88 Å². The van der Waals surface area contributed by atoms with Crippen molar-refractivity contribution < 1.29 is 13.2 Å². The van der Waals surface area contributed by atoms with Gasteiger partial charge >= 0.3 is 0 Å². The van der Waals surface area contributed by atoms with Crippen LogP contribution in [0, 0.1) is 0 Å². The van der Waals surface area contributed by atoms with Gasteiger partial charge in [0.2, 0.25) is 15.9 Å². The van der Waals surface area contributed by atoms with Gasteiger partial charge in [0.25, 0.3) is 0 Å². The van der Waals surface area contributed by atoms with Gasteiger partial charge in [-0.1, -0.05) is 12.8 Å². The predicted octanol–water partition coefficient (Wildman–Crippen LogP) is 0.748. The lowest BCUT2D eigenvalue weighted by Crippen LogP contribution is -2.43. The Morgan fingerprint density at radius 1 is 1.29 bits per heavy atom. The van der Waals surface area contributed by atoms with Crippen molar-refractivity contribution >= 4 is 10.0 Å². The number of ether oxygens (including phenoxy) is 1. The van der Waals surface area contributed by atoms with Crippen molar-refractivity contribution in [3.05, 3.63) is 18.3 Å². The van der Waals surface area contributed by atoms with Gasteiger partial charge < -0.3 is 4.74 Å². The maximum atomic E-state index is 12.4. The second-order valence-electron chi connectivity index (χ2n) is 6.08. The third-order valence-electron chi connectivity index (χ3n) is 4.73. The highest BCUT2D eigenvalue weighted by atomic mass is 32.2. The zero-order chi connectivity index (χ0) is 14.4. The fourth-order valence-corrected chi connectivity index (χ4v) is 5.02. The van der Waals surface area contributed by atoms with Gasteiger partial charge in [-0.25, -0.2) is 18.1 Å². The third-order valence-corrected chi connectivity index (χ3v) is 6.23. The largest absolute Gasteiger partial charge is 0.470 e. The molecule has 1 aromatic rings. The Morgan fingerprint density at radius 3 is 2.90 bits per heavy atom. The molecule has 21 heavy (non-hydrogen) atoms. The number of hydrogen-bond donors (Lipinski definition) is 1. The first kappa shape index (κ1) is 13.5. The fourth-order valence-electron chi connectivity index (χ4n) is 3.68. The van der Waals surface area contributed by atoms with Crippen LogP contribution in [-0.2, 0) is 10.0 Å². The second-order valence-corrected chi connectivity index (χ2v) is 7.77. The minimum Gasteiger partial charge on any atom is -0.470 e. The molecule has 1 saturated carbocycles. The smallest absolute Gasteiger partial charge is 0.246 e. The van der Waals surface area contributed by atoms with E-state index in [0.29, 0.717) is 6.04 Å². The molecule has 1 aromatic heterocycles. The van der Waals surface area contributed by atoms with Gasteiger partial charge in [-0.15, -0.1) is 0 Å². The molecule has 114 valence electrons. The van der Waals surface area contributed by atoms with E-state index in [1.807, 2.05) is 0 Å². The molecule has 1 aliphatic carbocycles. The lowest BCUT2D eigenvalue weighted by Gasteiger charge is -2.23. The number of pyridine rings is 1. The summed E-state index contributed by atoms with van der Waals surface area (Å²) < 4.78 is 33.5. The Bertz CT molecular complexity index is 643. The van der Waals surface area contributed by atoms with Crippen LogP contribution in [0.5, 0.6) is 5.88 Å². The van der Waals surface area contributed by atoms with Gasteiger partial charge in [0.1, 0.15) is 11.0 Å². The SMILES string of the molecule is O=S1(=O)NC2CN(C3CCCC3)CC2Oc2ncccc21. The normalized spacial score (nSPS) is 32.2. The minimum atomic E-state index is -3.54. The Balaban J connectivity index is 1.63. The quantitative estimate of drug-likeness (QED) is 0.829. The molecule has 2 atom stereocenters. The summed E-state index contributed by atoms with van der Waals surface area (Å²) in [6.45, 7) is 1.50. The molecular formula is C14H19N3O3S. The van der Waals surface area contributed by atoms with Crippen molar-refractivity contribution in [1.82, 2.24) is 14.6 Å². The minimum absolute atomic E-state index is 0.145. The van der Waals surface area contributed by atoms with Crippen molar-refractivity contribution in [2.24, 2.45) is 0 Å². The van der Waals surface area contributed by atoms with E-state index in [4.69, 9.17) is 4.74 Å². The molecule has 2 unspecified atom stereocenters. The molecular weight excluding hydrogens is 290 g/mol. The number of sulfonamides is 1. The van der Waals surface area contributed by atoms with Gasteiger partial charge in [0.15, 0.2) is 0 Å². The molecule has 0 radical (unpaired) electrons. The van der Waals surface area contributed by atoms with Crippen molar-refractivity contribution in [3.63, 3.8) is 0 Å². The maximum Gasteiger partial charge on any atom is 0.246 e. The zero-order valence-electron chi connectivity index (χ0n) is 11.7. The van der Waals surface area contributed by atoms with Gasteiger partial charge in [0.05, 0.1) is 6.04 Å². The fraction of sp³-hybridized carbons (Fsp3) is 0.643. The van der Waals surface area contributed by atoms with E-state index in [2.05, 4.69) is 14.6 Å². The summed E-state index contributed by atoms with van der Waals surface area (Å²) in [5, 5.41) is 0. The van der Waals surface area contributed by atoms with E-state index >= 15 is 0 Å². The van der Waals surface area contributed by atoms with Crippen LogP contribution in [0.15, 0.2) is 23.2 Å². The summed E-state index contributed by atoms with van der Waals surface area (Å²) in [5.41, 5.74) is 0. The van der Waals surface area contributed by atoms with Crippen molar-refractivity contribution in [2.75, 3.05) is 13.1 Å². The van der Waals surface area contributed by atoms with Crippen LogP contribution in [0.2, 0.25) is 0 Å². The summed E-state index contributed by atoms with van der Waals surface area (Å²) in [7, 11) is -3.54. The third kappa shape index (κ3) is 2.33. The van der Waals surface area contributed by atoms with Crippen LogP contribution in [0.25, 0.3) is 0 Å². The first-order valence-corrected chi connectivity index (χ1v) is 9.00. The number of nitrogens with one attached hydrogen (secondary N) is 1. The Hall–Kier alpha value is -1.18. The molecule has 0 amide bonds. The summed E-state index contributed by atoms with van der Waals surface area (Å²) in [6, 6.07) is 3.55. The lowest BCUT2D eigenvalue weighted by molar-refractivity contribution is 0.165. The first-order valence-electron chi connectivity index (χ1n) is 7.51. The molecule has 7 heteroatoms. The molecule has 3 aliphatic rings. The Kier molecular flexibility index (Phi) is 3.16. The highest BCUT2D eigenvalue weighted by Gasteiger charge is 2.43. The van der Waals surface area contributed by atoms with Gasteiger partial charge in [-0.05, 0) is 25.0 Å². The average molecular weight is 309 g/mol. The van der Waals surface area contributed by atoms with Crippen molar-refractivity contribution in [1.29, 1.82) is 0 Å². The van der Waals surface area contributed by atoms with E-state index in [0.717, 1.165) is 13.1 Å². The molecule has 0 aromatic carbocycles. The van der Waals surface area contributed by atoms with Crippen LogP contribution in [0.3, 0.4) is 0 Å². The zero-order valence-corrected chi connectivity index (χ0v) is 12.6. The Morgan fingerprint density at radius 2 is 2.10 bits per heavy atom. The summed E-state index contributed by atoms with van der Waals surface area (Å²) in [5.74, 6) is 0.228. The maximum absolute atomic E-state index is 12.4. The second kappa shape index (κ2) is 4.93. The van der Waals surface area contributed by atoms with Crippen LogP contribution in [0.1, 0.15) is 25.7 Å². The van der Waals surface area contributed by atoms with Crippen molar-refractivity contribution in [2.45, 2.75) is 48.8 Å². The number of rotatable bonds is 1. The summed E-state index contributed by atoms with van der Waals surface area (Å²) in [6.07, 6.45) is 6.37. The van der Waals surface area contributed by atoms with Gasteiger partial charge in [-0.2, -0.15) is 0 Å². The number of hydrogen-bond acceptors (Lipinski definition) is 5. The predicted molar refractivity (Wildman–Crippen MR) is 76.6 cm³/mol. The highest BCUT2D eigenvalue weighted by molar-refractivity contribution is 7.89. The molecule has 1 saturated heterocycles. The molecule has 0 bridgehead atoms. The molecule has 2 aliphatic heterocycles. The lowest BCUT2D eigenvalue weighted by atomic mass is 10.2. The number of likely N-dealkylation sites (tertiary alicyclic amines) is 1. The van der Waals surface area contributed by atoms with E-state index in [1.54, 1.807) is 18.3 Å². The first-order chi connectivity index (χ1) is 10.1. The number of aromatic nitrogens is 1. The number of nitrogens with zero attached hydrogens (tertiary/aromatic N) is 2. The van der Waals surface area contributed by atoms with Crippen LogP contribution in [-0.4, -0.2) is 49.6 Å². The van der Waals surface area contributed by atoms with Crippen LogP contribution < -0.4 is 9.46 Å². The van der Waals surface area contributed by atoms with Gasteiger partial charge in [-0.3, -0.25) is 4.90 Å². The van der Waals surface area contributed by atoms with E-state index in [9.17, 15) is 8.42 Å². The molecule has 3 heterocycles. The summed E-state index contributed by atoms with van der Waals surface area (Å²) >= 11 is 0. The van der Waals surface area contributed by atoms with E-state index in [-0.39, 0.29) is 22.9 Å². The molecule has 1 N–H and O–H groups in total. The van der Waals surface area contributed by atoms with E-state index < -0.39 is 10.0 Å². The average Bonchev–Trinajstić information content (AvgIpc) is 3.07. The number of fused-ring (bicyclic) bond motifs is 2. The van der Waals surface area contributed by atoms with Gasteiger partial charge in [0, 0.05) is 25.3 Å². The standard InChI is InChI=1S/C14H19N3O3S/c18-21(19)13-6-3-7-15-14(13)20-12-9-17(8-11(12)16-21)10-4-1-2-5-10/h3,6-7,10-12,16H,1-2,4-5,8-9H2. The topological polar surface area (TPSA) is 71.5 Å². The Labute approximate surface area is 124 Å². The molecule has 2 fully saturated rings.